The average Bonchev–Trinajstić information content (AvgIpc) is 3.41. The minimum atomic E-state index is -5.19. The number of rotatable bonds is 8. The molecule has 5 rings (SSSR count). The lowest BCUT2D eigenvalue weighted by Crippen LogP contribution is -2.43. The molecule has 11 nitrogen and oxygen atoms in total. The lowest BCUT2D eigenvalue weighted by Gasteiger charge is -2.13. The van der Waals surface area contributed by atoms with Gasteiger partial charge in [0.1, 0.15) is 24.8 Å². The molecule has 0 aliphatic carbocycles. The van der Waals surface area contributed by atoms with Gasteiger partial charge in [-0.2, -0.15) is 13.2 Å². The van der Waals surface area contributed by atoms with Crippen molar-refractivity contribution in [1.29, 1.82) is 0 Å². The predicted molar refractivity (Wildman–Crippen MR) is 147 cm³/mol. The Morgan fingerprint density at radius 2 is 1.66 bits per heavy atom. The summed E-state index contributed by atoms with van der Waals surface area (Å²) in [5.74, 6) is -2.37. The quantitative estimate of drug-likeness (QED) is 0.220. The lowest BCUT2D eigenvalue weighted by atomic mass is 10.1. The molecule has 44 heavy (non-hydrogen) atoms. The number of benzene rings is 2. The number of alkyl halides is 3. The van der Waals surface area contributed by atoms with Crippen molar-refractivity contribution in [2.24, 2.45) is 0 Å². The molecule has 0 unspecified atom stereocenters. The number of carbonyl (C=O) groups excluding carboxylic acids is 4. The SMILES string of the molecule is CCn1c(CN2C(=O)c3ccccc3C2=O)[n+](Cc2cccnc2)c2ccc(OCC(=O)N(C)C)cc21.O=C([O-])C(F)(F)F. The molecule has 3 amide bonds. The first kappa shape index (κ1) is 31.7. The molecule has 0 saturated carbocycles. The second-order valence-corrected chi connectivity index (χ2v) is 9.86. The van der Waals surface area contributed by atoms with Crippen molar-refractivity contribution < 1.29 is 46.8 Å². The molecule has 0 bridgehead atoms. The standard InChI is InChI=1S/C28H28N5O4.C2HF3O2/c1-4-31-24-14-20(37-18-26(34)30(2)3)11-12-23(24)32(16-19-8-7-13-29-15-19)25(31)17-33-27(35)21-9-5-6-10-22(21)28(33)36;3-2(4,5)1(6)7/h5-15H,4,16-18H2,1-3H3;(H,6,7)/q+1;/p-1. The summed E-state index contributed by atoms with van der Waals surface area (Å²) in [5, 5.41) is 8.78. The van der Waals surface area contributed by atoms with E-state index in [0.29, 0.717) is 30.0 Å². The van der Waals surface area contributed by atoms with E-state index < -0.39 is 12.1 Å². The molecular formula is C30H28F3N5O6. The number of carbonyl (C=O) groups is 4. The number of aryl methyl sites for hydroxylation is 1. The van der Waals surface area contributed by atoms with Crippen LogP contribution in [-0.2, 0) is 29.2 Å². The number of aliphatic carboxylic acids is 1. The van der Waals surface area contributed by atoms with Crippen LogP contribution in [0.3, 0.4) is 0 Å². The highest BCUT2D eigenvalue weighted by Crippen LogP contribution is 2.27. The summed E-state index contributed by atoms with van der Waals surface area (Å²) >= 11 is 0. The Hall–Kier alpha value is -5.27. The molecule has 0 saturated heterocycles. The smallest absolute Gasteiger partial charge is 0.430 e. The zero-order valence-electron chi connectivity index (χ0n) is 24.0. The van der Waals surface area contributed by atoms with Crippen LogP contribution in [0, 0.1) is 0 Å². The number of fused-ring (bicyclic) bond motifs is 2. The Bertz CT molecular complexity index is 1680. The third-order valence-electron chi connectivity index (χ3n) is 6.80. The Labute approximate surface area is 249 Å². The van der Waals surface area contributed by atoms with E-state index in [1.165, 1.54) is 9.80 Å². The highest BCUT2D eigenvalue weighted by molar-refractivity contribution is 6.21. The van der Waals surface area contributed by atoms with Crippen LogP contribution < -0.4 is 14.4 Å². The Morgan fingerprint density at radius 3 is 2.18 bits per heavy atom. The van der Waals surface area contributed by atoms with Crippen LogP contribution in [0.1, 0.15) is 39.0 Å². The number of nitrogens with zero attached hydrogens (tertiary/aromatic N) is 5. The number of hydrogen-bond donors (Lipinski definition) is 0. The summed E-state index contributed by atoms with van der Waals surface area (Å²) in [6.07, 6.45) is -1.67. The van der Waals surface area contributed by atoms with Gasteiger partial charge >= 0.3 is 6.18 Å². The molecule has 2 aromatic heterocycles. The maximum atomic E-state index is 13.2. The summed E-state index contributed by atoms with van der Waals surface area (Å²) in [6.45, 7) is 3.18. The third-order valence-corrected chi connectivity index (χ3v) is 6.80. The van der Waals surface area contributed by atoms with E-state index in [0.717, 1.165) is 22.4 Å². The predicted octanol–water partition coefficient (Wildman–Crippen LogP) is 1.95. The summed E-state index contributed by atoms with van der Waals surface area (Å²) in [5.41, 5.74) is 3.64. The highest BCUT2D eigenvalue weighted by atomic mass is 19.4. The number of likely N-dealkylation sites (N-methyl/N-ethyl adjacent to an activating group) is 1. The van der Waals surface area contributed by atoms with Crippen LogP contribution in [0.5, 0.6) is 5.75 Å². The van der Waals surface area contributed by atoms with E-state index in [4.69, 9.17) is 14.6 Å². The minimum Gasteiger partial charge on any atom is -0.542 e. The summed E-state index contributed by atoms with van der Waals surface area (Å²) in [6, 6.07) is 16.4. The molecule has 0 radical (unpaired) electrons. The Kier molecular flexibility index (Phi) is 9.31. The molecule has 4 aromatic rings. The van der Waals surface area contributed by atoms with Crippen molar-refractivity contribution in [2.75, 3.05) is 20.7 Å². The van der Waals surface area contributed by atoms with E-state index in [2.05, 4.69) is 14.1 Å². The van der Waals surface area contributed by atoms with Crippen molar-refractivity contribution in [3.8, 4) is 5.75 Å². The van der Waals surface area contributed by atoms with E-state index in [1.54, 1.807) is 50.8 Å². The topological polar surface area (TPSA) is 129 Å². The number of halogens is 3. The van der Waals surface area contributed by atoms with E-state index in [9.17, 15) is 27.6 Å². The number of carboxylic acids is 1. The maximum absolute atomic E-state index is 13.2. The number of aromatic nitrogens is 3. The maximum Gasteiger partial charge on any atom is 0.430 e. The molecule has 0 spiro atoms. The van der Waals surface area contributed by atoms with Crippen LogP contribution in [0.2, 0.25) is 0 Å². The van der Waals surface area contributed by atoms with Gasteiger partial charge < -0.3 is 19.5 Å². The van der Waals surface area contributed by atoms with Gasteiger partial charge in [-0.1, -0.05) is 18.2 Å². The molecule has 0 N–H and O–H groups in total. The lowest BCUT2D eigenvalue weighted by molar-refractivity contribution is -0.671. The number of imidazole rings is 1. The fourth-order valence-corrected chi connectivity index (χ4v) is 4.63. The van der Waals surface area contributed by atoms with Crippen LogP contribution in [0.4, 0.5) is 13.2 Å². The van der Waals surface area contributed by atoms with Gasteiger partial charge in [0.15, 0.2) is 17.6 Å². The zero-order chi connectivity index (χ0) is 32.2. The monoisotopic (exact) mass is 611 g/mol. The largest absolute Gasteiger partial charge is 0.542 e. The van der Waals surface area contributed by atoms with Crippen LogP contribution in [0.25, 0.3) is 11.0 Å². The van der Waals surface area contributed by atoms with Gasteiger partial charge in [0.05, 0.1) is 17.7 Å². The number of amides is 3. The van der Waals surface area contributed by atoms with Crippen molar-refractivity contribution in [3.05, 3.63) is 89.5 Å². The molecule has 3 heterocycles. The number of imide groups is 1. The summed E-state index contributed by atoms with van der Waals surface area (Å²) in [7, 11) is 3.37. The molecule has 0 atom stereocenters. The molecule has 230 valence electrons. The fourth-order valence-electron chi connectivity index (χ4n) is 4.63. The van der Waals surface area contributed by atoms with Crippen molar-refractivity contribution in [2.45, 2.75) is 32.7 Å². The van der Waals surface area contributed by atoms with Gasteiger partial charge in [0, 0.05) is 38.1 Å². The van der Waals surface area contributed by atoms with Gasteiger partial charge in [0.25, 0.3) is 23.5 Å². The van der Waals surface area contributed by atoms with E-state index >= 15 is 0 Å². The highest BCUT2D eigenvalue weighted by Gasteiger charge is 2.38. The first-order valence-electron chi connectivity index (χ1n) is 13.3. The molecule has 2 aromatic carbocycles. The first-order valence-corrected chi connectivity index (χ1v) is 13.3. The van der Waals surface area contributed by atoms with Crippen LogP contribution in [-0.4, -0.2) is 69.9 Å². The number of hydrogen-bond acceptors (Lipinski definition) is 7. The number of carboxylic acid groups (broad SMARTS) is 1. The Morgan fingerprint density at radius 1 is 1.02 bits per heavy atom. The first-order chi connectivity index (χ1) is 20.8. The molecule has 0 fully saturated rings. The number of pyridine rings is 1. The van der Waals surface area contributed by atoms with Crippen molar-refractivity contribution in [1.82, 2.24) is 19.4 Å². The fraction of sp³-hybridized carbons (Fsp3) is 0.267. The Balaban J connectivity index is 0.000000566. The second-order valence-electron chi connectivity index (χ2n) is 9.86. The molecule has 1 aliphatic rings. The van der Waals surface area contributed by atoms with E-state index in [-0.39, 0.29) is 30.9 Å². The van der Waals surface area contributed by atoms with Gasteiger partial charge in [-0.3, -0.25) is 24.3 Å². The van der Waals surface area contributed by atoms with Gasteiger partial charge in [-0.05, 0) is 37.3 Å². The normalized spacial score (nSPS) is 12.5. The number of ether oxygens (including phenoxy) is 1. The summed E-state index contributed by atoms with van der Waals surface area (Å²) < 4.78 is 41.5. The third kappa shape index (κ3) is 6.69. The molecule has 14 heteroatoms. The van der Waals surface area contributed by atoms with Crippen molar-refractivity contribution >= 4 is 34.7 Å². The molecular weight excluding hydrogens is 583 g/mol. The zero-order valence-corrected chi connectivity index (χ0v) is 24.0. The van der Waals surface area contributed by atoms with Gasteiger partial charge in [-0.15, -0.1) is 0 Å². The van der Waals surface area contributed by atoms with E-state index in [1.807, 2.05) is 37.3 Å². The molecule has 1 aliphatic heterocycles. The summed E-state index contributed by atoms with van der Waals surface area (Å²) in [4.78, 5) is 54.2. The van der Waals surface area contributed by atoms with Crippen LogP contribution >= 0.6 is 0 Å². The second kappa shape index (κ2) is 12.9. The van der Waals surface area contributed by atoms with Gasteiger partial charge in [0.2, 0.25) is 0 Å². The van der Waals surface area contributed by atoms with Crippen LogP contribution in [0.15, 0.2) is 67.0 Å². The minimum absolute atomic E-state index is 0.0665. The van der Waals surface area contributed by atoms with Gasteiger partial charge in [-0.25, -0.2) is 9.13 Å². The average molecular weight is 612 g/mol. The van der Waals surface area contributed by atoms with Crippen molar-refractivity contribution in [3.63, 3.8) is 0 Å².